The fourth-order valence-electron chi connectivity index (χ4n) is 4.17. The van der Waals surface area contributed by atoms with Gasteiger partial charge < -0.3 is 14.6 Å². The number of methoxy groups -OCH3 is 2. The molecule has 36 heavy (non-hydrogen) atoms. The van der Waals surface area contributed by atoms with Crippen molar-refractivity contribution in [3.05, 3.63) is 59.3 Å². The van der Waals surface area contributed by atoms with Crippen molar-refractivity contribution in [1.82, 2.24) is 13.9 Å². The van der Waals surface area contributed by atoms with Gasteiger partial charge in [-0.15, -0.1) is 0 Å². The van der Waals surface area contributed by atoms with Gasteiger partial charge in [0.05, 0.1) is 36.2 Å². The number of fused-ring (bicyclic) bond motifs is 1. The number of carboxylic acids is 1. The number of carbonyl (C=O) groups is 1. The molecule has 4 aromatic rings. The molecule has 2 heterocycles. The quantitative estimate of drug-likeness (QED) is 0.382. The largest absolute Gasteiger partial charge is 0.496 e. The molecule has 0 saturated heterocycles. The highest BCUT2D eigenvalue weighted by molar-refractivity contribution is 7.91. The molecule has 12 heteroatoms. The molecule has 0 amide bonds. The van der Waals surface area contributed by atoms with Gasteiger partial charge >= 0.3 is 5.97 Å². The molecule has 0 spiro atoms. The van der Waals surface area contributed by atoms with E-state index in [2.05, 4.69) is 9.97 Å². The van der Waals surface area contributed by atoms with Crippen molar-refractivity contribution in [2.75, 3.05) is 20.5 Å². The average Bonchev–Trinajstić information content (AvgIpc) is 3.25. The van der Waals surface area contributed by atoms with Crippen LogP contribution < -0.4 is 9.47 Å². The van der Waals surface area contributed by atoms with Crippen LogP contribution in [0.25, 0.3) is 22.3 Å². The Labute approximate surface area is 210 Å². The zero-order chi connectivity index (χ0) is 26.4. The maximum absolute atomic E-state index is 13.9. The van der Waals surface area contributed by atoms with Crippen LogP contribution in [0.5, 0.6) is 11.5 Å². The number of hydrogen-bond acceptors (Lipinski definition) is 8. The standard InChI is InChI=1S/C24H23N3O7S2/c1-13-12-25-20(14(2)22(13)34-4)15-8-6-9-16-21(15)26-24(35(5)30)27(16)36(31,32)18-11-7-10-17(33-3)19(18)23(28)29/h6-12H,1-5H3,(H,28,29). The van der Waals surface area contributed by atoms with E-state index in [-0.39, 0.29) is 21.9 Å². The molecule has 2 aromatic heterocycles. The number of aromatic carboxylic acids is 1. The van der Waals surface area contributed by atoms with Crippen molar-refractivity contribution in [2.24, 2.45) is 0 Å². The van der Waals surface area contributed by atoms with Crippen LogP contribution in [-0.2, 0) is 20.8 Å². The Hall–Kier alpha value is -3.77. The molecule has 0 aliphatic heterocycles. The van der Waals surface area contributed by atoms with E-state index in [9.17, 15) is 22.5 Å². The second-order valence-corrected chi connectivity index (χ2v) is 10.9. The Kier molecular flexibility index (Phi) is 6.58. The Morgan fingerprint density at radius 1 is 1.08 bits per heavy atom. The Balaban J connectivity index is 2.09. The summed E-state index contributed by atoms with van der Waals surface area (Å²) in [6, 6.07) is 8.76. The normalized spacial score (nSPS) is 12.5. The minimum absolute atomic E-state index is 0.123. The van der Waals surface area contributed by atoms with Crippen molar-refractivity contribution < 1.29 is 32.0 Å². The van der Waals surface area contributed by atoms with Gasteiger partial charge in [-0.3, -0.25) is 9.19 Å². The molecule has 2 aromatic carbocycles. The molecular weight excluding hydrogens is 506 g/mol. The predicted octanol–water partition coefficient (Wildman–Crippen LogP) is 3.40. The van der Waals surface area contributed by atoms with Crippen LogP contribution in [0.2, 0.25) is 0 Å². The Bertz CT molecular complexity index is 1660. The van der Waals surface area contributed by atoms with Gasteiger partial charge in [0.25, 0.3) is 10.0 Å². The molecule has 4 rings (SSSR count). The number of ether oxygens (including phenoxy) is 2. The summed E-state index contributed by atoms with van der Waals surface area (Å²) >= 11 is 0. The Morgan fingerprint density at radius 2 is 1.78 bits per heavy atom. The third-order valence-corrected chi connectivity index (χ3v) is 8.36. The second-order valence-electron chi connectivity index (χ2n) is 7.88. The minimum Gasteiger partial charge on any atom is -0.496 e. The number of benzene rings is 2. The zero-order valence-corrected chi connectivity index (χ0v) is 21.7. The molecular formula is C24H23N3O7S2. The molecule has 0 radical (unpaired) electrons. The van der Waals surface area contributed by atoms with Crippen molar-refractivity contribution in [3.63, 3.8) is 0 Å². The van der Waals surface area contributed by atoms with Crippen LogP contribution in [0.1, 0.15) is 21.5 Å². The highest BCUT2D eigenvalue weighted by atomic mass is 32.2. The third kappa shape index (κ3) is 3.91. The van der Waals surface area contributed by atoms with Gasteiger partial charge in [0, 0.05) is 29.1 Å². The van der Waals surface area contributed by atoms with Gasteiger partial charge in [-0.2, -0.15) is 0 Å². The van der Waals surface area contributed by atoms with Crippen LogP contribution in [0, 0.1) is 13.8 Å². The summed E-state index contributed by atoms with van der Waals surface area (Å²) in [4.78, 5) is 20.5. The van der Waals surface area contributed by atoms with Gasteiger partial charge in [-0.1, -0.05) is 18.2 Å². The molecule has 0 saturated carbocycles. The number of hydrogen-bond donors (Lipinski definition) is 1. The minimum atomic E-state index is -4.58. The van der Waals surface area contributed by atoms with E-state index in [1.807, 2.05) is 13.8 Å². The molecule has 1 N–H and O–H groups in total. The van der Waals surface area contributed by atoms with E-state index in [0.29, 0.717) is 17.0 Å². The van der Waals surface area contributed by atoms with Gasteiger partial charge in [0.15, 0.2) is 0 Å². The van der Waals surface area contributed by atoms with Crippen LogP contribution in [0.15, 0.2) is 52.6 Å². The first-order chi connectivity index (χ1) is 17.0. The second kappa shape index (κ2) is 9.36. The molecule has 1 atom stereocenters. The SMILES string of the molecule is COc1cccc(S(=O)(=O)n2c(S(C)=O)nc3c(-c4ncc(C)c(OC)c4C)cccc32)c1C(=O)O. The number of carboxylic acid groups (broad SMARTS) is 1. The van der Waals surface area contributed by atoms with Gasteiger partial charge in [-0.05, 0) is 32.0 Å². The lowest BCUT2D eigenvalue weighted by molar-refractivity contribution is 0.0688. The van der Waals surface area contributed by atoms with Crippen LogP contribution in [-0.4, -0.2) is 58.1 Å². The highest BCUT2D eigenvalue weighted by Gasteiger charge is 2.32. The summed E-state index contributed by atoms with van der Waals surface area (Å²) in [7, 11) is -3.63. The topological polar surface area (TPSA) is 138 Å². The summed E-state index contributed by atoms with van der Waals surface area (Å²) in [5.41, 5.74) is 2.41. The molecule has 10 nitrogen and oxygen atoms in total. The van der Waals surface area contributed by atoms with Crippen LogP contribution in [0.4, 0.5) is 0 Å². The number of aromatic nitrogens is 3. The molecule has 0 aliphatic carbocycles. The lowest BCUT2D eigenvalue weighted by Crippen LogP contribution is -2.20. The van der Waals surface area contributed by atoms with E-state index in [4.69, 9.17) is 9.47 Å². The smallest absolute Gasteiger partial charge is 0.340 e. The van der Waals surface area contributed by atoms with E-state index < -0.39 is 37.3 Å². The molecule has 0 bridgehead atoms. The van der Waals surface area contributed by atoms with Gasteiger partial charge in [-0.25, -0.2) is 22.2 Å². The number of para-hydroxylation sites is 1. The lowest BCUT2D eigenvalue weighted by atomic mass is 10.0. The fraction of sp³-hybridized carbons (Fsp3) is 0.208. The summed E-state index contributed by atoms with van der Waals surface area (Å²) in [6.45, 7) is 3.69. The summed E-state index contributed by atoms with van der Waals surface area (Å²) in [5, 5.41) is 9.52. The van der Waals surface area contributed by atoms with E-state index in [1.54, 1.807) is 25.4 Å². The number of aryl methyl sites for hydroxylation is 1. The van der Waals surface area contributed by atoms with Crippen LogP contribution in [0.3, 0.4) is 0 Å². The van der Waals surface area contributed by atoms with Gasteiger partial charge in [0.1, 0.15) is 27.5 Å². The average molecular weight is 530 g/mol. The van der Waals surface area contributed by atoms with E-state index >= 15 is 0 Å². The summed E-state index contributed by atoms with van der Waals surface area (Å²) in [5.74, 6) is -0.979. The molecule has 1 unspecified atom stereocenters. The molecule has 188 valence electrons. The maximum Gasteiger partial charge on any atom is 0.340 e. The van der Waals surface area contributed by atoms with Crippen LogP contribution >= 0.6 is 0 Å². The highest BCUT2D eigenvalue weighted by Crippen LogP contribution is 2.37. The van der Waals surface area contributed by atoms with E-state index in [0.717, 1.165) is 21.2 Å². The predicted molar refractivity (Wildman–Crippen MR) is 134 cm³/mol. The van der Waals surface area contributed by atoms with E-state index in [1.165, 1.54) is 31.6 Å². The number of pyridine rings is 1. The lowest BCUT2D eigenvalue weighted by Gasteiger charge is -2.14. The monoisotopic (exact) mass is 529 g/mol. The van der Waals surface area contributed by atoms with Crippen molar-refractivity contribution in [1.29, 1.82) is 0 Å². The Morgan fingerprint density at radius 3 is 2.39 bits per heavy atom. The molecule has 0 fully saturated rings. The third-order valence-electron chi connectivity index (χ3n) is 5.71. The summed E-state index contributed by atoms with van der Waals surface area (Å²) in [6.07, 6.45) is 2.94. The number of nitrogens with zero attached hydrogens (tertiary/aromatic N) is 3. The number of imidazole rings is 1. The summed E-state index contributed by atoms with van der Waals surface area (Å²) < 4.78 is 52.0. The first kappa shape index (κ1) is 25.3. The first-order valence-electron chi connectivity index (χ1n) is 10.6. The molecule has 0 aliphatic rings. The maximum atomic E-state index is 13.9. The first-order valence-corrected chi connectivity index (χ1v) is 13.6. The fourth-order valence-corrected chi connectivity index (χ4v) is 6.88. The zero-order valence-electron chi connectivity index (χ0n) is 20.1. The van der Waals surface area contributed by atoms with Crippen molar-refractivity contribution in [3.8, 4) is 22.8 Å². The van der Waals surface area contributed by atoms with Crippen molar-refractivity contribution in [2.45, 2.75) is 23.9 Å². The number of rotatable bonds is 7. The van der Waals surface area contributed by atoms with Crippen molar-refractivity contribution >= 4 is 37.8 Å². The van der Waals surface area contributed by atoms with Gasteiger partial charge in [0.2, 0.25) is 5.16 Å².